The van der Waals surface area contributed by atoms with Crippen molar-refractivity contribution in [1.29, 1.82) is 0 Å². The Hall–Kier alpha value is -3.09. The fraction of sp³-hybridized carbons (Fsp3) is 0.0625. The molecule has 1 amide bonds. The van der Waals surface area contributed by atoms with E-state index in [2.05, 4.69) is 15.4 Å². The number of rotatable bonds is 4. The van der Waals surface area contributed by atoms with Crippen LogP contribution in [0, 0.1) is 11.6 Å². The predicted molar refractivity (Wildman–Crippen MR) is 79.9 cm³/mol. The molecule has 0 saturated heterocycles. The highest BCUT2D eigenvalue weighted by molar-refractivity contribution is 6.03. The van der Waals surface area contributed by atoms with E-state index in [1.165, 1.54) is 41.3 Å². The molecule has 0 aliphatic rings. The molecule has 2 aromatic carbocycles. The Morgan fingerprint density at radius 2 is 1.96 bits per heavy atom. The first-order chi connectivity index (χ1) is 11.1. The number of halogens is 2. The number of hydrogen-bond acceptors (Lipinski definition) is 3. The summed E-state index contributed by atoms with van der Waals surface area (Å²) in [6.07, 6.45) is 1.40. The Morgan fingerprint density at radius 3 is 2.74 bits per heavy atom. The van der Waals surface area contributed by atoms with Gasteiger partial charge in [-0.3, -0.25) is 10.1 Å². The molecule has 1 heterocycles. The van der Waals surface area contributed by atoms with Gasteiger partial charge in [0.05, 0.1) is 12.1 Å². The van der Waals surface area contributed by atoms with E-state index < -0.39 is 11.7 Å². The Labute approximate surface area is 130 Å². The lowest BCUT2D eigenvalue weighted by molar-refractivity contribution is 0.102. The fourth-order valence-corrected chi connectivity index (χ4v) is 2.06. The molecule has 0 radical (unpaired) electrons. The van der Waals surface area contributed by atoms with Crippen molar-refractivity contribution in [3.63, 3.8) is 0 Å². The van der Waals surface area contributed by atoms with E-state index >= 15 is 0 Å². The van der Waals surface area contributed by atoms with Crippen LogP contribution in [0.5, 0.6) is 0 Å². The van der Waals surface area contributed by atoms with E-state index in [0.717, 1.165) is 0 Å². The average molecular weight is 314 g/mol. The van der Waals surface area contributed by atoms with Gasteiger partial charge in [0.25, 0.3) is 5.91 Å². The van der Waals surface area contributed by atoms with Crippen molar-refractivity contribution >= 4 is 11.9 Å². The van der Waals surface area contributed by atoms with Crippen LogP contribution in [0.2, 0.25) is 0 Å². The predicted octanol–water partition coefficient (Wildman–Crippen LogP) is 2.86. The number of nitrogens with one attached hydrogen (secondary N) is 1. The molecular weight excluding hydrogens is 302 g/mol. The monoisotopic (exact) mass is 314 g/mol. The molecular formula is C16H12F2N4O. The summed E-state index contributed by atoms with van der Waals surface area (Å²) in [7, 11) is 0. The second-order valence-electron chi connectivity index (χ2n) is 4.83. The van der Waals surface area contributed by atoms with Crippen LogP contribution in [0.15, 0.2) is 54.9 Å². The second-order valence-corrected chi connectivity index (χ2v) is 4.83. The molecule has 0 spiro atoms. The molecule has 0 unspecified atom stereocenters. The number of carbonyl (C=O) groups excluding carboxylic acids is 1. The molecule has 23 heavy (non-hydrogen) atoms. The number of amides is 1. The molecule has 0 saturated carbocycles. The van der Waals surface area contributed by atoms with Gasteiger partial charge in [0.2, 0.25) is 5.95 Å². The van der Waals surface area contributed by atoms with Gasteiger partial charge < -0.3 is 0 Å². The summed E-state index contributed by atoms with van der Waals surface area (Å²) in [4.78, 5) is 15.9. The van der Waals surface area contributed by atoms with Gasteiger partial charge in [-0.2, -0.15) is 0 Å². The second kappa shape index (κ2) is 6.35. The normalized spacial score (nSPS) is 10.5. The molecule has 0 bridgehead atoms. The highest BCUT2D eigenvalue weighted by atomic mass is 19.1. The number of nitrogens with zero attached hydrogens (tertiary/aromatic N) is 3. The largest absolute Gasteiger partial charge is 0.289 e. The van der Waals surface area contributed by atoms with Crippen LogP contribution in [-0.2, 0) is 6.54 Å². The minimum Gasteiger partial charge on any atom is -0.289 e. The maximum absolute atomic E-state index is 13.5. The molecule has 0 aliphatic heterocycles. The van der Waals surface area contributed by atoms with Crippen molar-refractivity contribution in [2.75, 3.05) is 5.32 Å². The van der Waals surface area contributed by atoms with Crippen LogP contribution in [-0.4, -0.2) is 20.7 Å². The molecule has 3 rings (SSSR count). The Kier molecular flexibility index (Phi) is 4.09. The van der Waals surface area contributed by atoms with Crippen LogP contribution in [0.25, 0.3) is 0 Å². The Bertz CT molecular complexity index is 847. The van der Waals surface area contributed by atoms with Gasteiger partial charge in [0.1, 0.15) is 18.0 Å². The van der Waals surface area contributed by atoms with Crippen molar-refractivity contribution in [1.82, 2.24) is 14.8 Å². The number of anilines is 1. The van der Waals surface area contributed by atoms with Gasteiger partial charge in [-0.05, 0) is 29.8 Å². The third kappa shape index (κ3) is 3.57. The third-order valence-corrected chi connectivity index (χ3v) is 3.11. The minimum atomic E-state index is -0.633. The van der Waals surface area contributed by atoms with Crippen LogP contribution in [0.4, 0.5) is 14.7 Å². The molecule has 7 heteroatoms. The molecule has 5 nitrogen and oxygen atoms in total. The van der Waals surface area contributed by atoms with Crippen LogP contribution in [0.1, 0.15) is 15.9 Å². The first kappa shape index (κ1) is 14.8. The molecule has 0 atom stereocenters. The highest BCUT2D eigenvalue weighted by Crippen LogP contribution is 2.10. The maximum Gasteiger partial charge on any atom is 0.261 e. The van der Waals surface area contributed by atoms with Gasteiger partial charge in [-0.15, -0.1) is 5.10 Å². The zero-order chi connectivity index (χ0) is 16.2. The standard InChI is InChI=1S/C16H12F2N4O/c17-12-5-3-4-11(8-12)9-22-10-19-16(21-22)20-15(23)13-6-1-2-7-14(13)18/h1-8,10H,9H2,(H,20,21,23). The summed E-state index contributed by atoms with van der Waals surface area (Å²) in [5.41, 5.74) is 0.621. The van der Waals surface area contributed by atoms with Gasteiger partial charge in [0.15, 0.2) is 0 Å². The summed E-state index contributed by atoms with van der Waals surface area (Å²) < 4.78 is 28.1. The summed E-state index contributed by atoms with van der Waals surface area (Å²) in [6.45, 7) is 0.306. The topological polar surface area (TPSA) is 59.8 Å². The fourth-order valence-electron chi connectivity index (χ4n) is 2.06. The van der Waals surface area contributed by atoms with Crippen molar-refractivity contribution in [3.05, 3.63) is 77.6 Å². The zero-order valence-corrected chi connectivity index (χ0v) is 11.9. The molecule has 116 valence electrons. The first-order valence-electron chi connectivity index (χ1n) is 6.81. The summed E-state index contributed by atoms with van der Waals surface area (Å²) >= 11 is 0. The number of hydrogen-bond donors (Lipinski definition) is 1. The van der Waals surface area contributed by atoms with E-state index in [9.17, 15) is 13.6 Å². The van der Waals surface area contributed by atoms with E-state index in [4.69, 9.17) is 0 Å². The molecule has 1 N–H and O–H groups in total. The van der Waals surface area contributed by atoms with Crippen LogP contribution in [0.3, 0.4) is 0 Å². The summed E-state index contributed by atoms with van der Waals surface area (Å²) in [5.74, 6) is -1.54. The lowest BCUT2D eigenvalue weighted by Gasteiger charge is -2.02. The van der Waals surface area contributed by atoms with Gasteiger partial charge >= 0.3 is 0 Å². The Morgan fingerprint density at radius 1 is 1.13 bits per heavy atom. The molecule has 1 aromatic heterocycles. The third-order valence-electron chi connectivity index (χ3n) is 3.11. The van der Waals surface area contributed by atoms with Crippen LogP contribution >= 0.6 is 0 Å². The zero-order valence-electron chi connectivity index (χ0n) is 11.9. The van der Waals surface area contributed by atoms with Gasteiger partial charge in [-0.1, -0.05) is 24.3 Å². The van der Waals surface area contributed by atoms with E-state index in [0.29, 0.717) is 12.1 Å². The van der Waals surface area contributed by atoms with E-state index in [-0.39, 0.29) is 17.3 Å². The quantitative estimate of drug-likeness (QED) is 0.805. The van der Waals surface area contributed by atoms with Crippen molar-refractivity contribution in [2.45, 2.75) is 6.54 Å². The van der Waals surface area contributed by atoms with Crippen LogP contribution < -0.4 is 5.32 Å². The van der Waals surface area contributed by atoms with Gasteiger partial charge in [-0.25, -0.2) is 18.4 Å². The molecule has 3 aromatic rings. The maximum atomic E-state index is 13.5. The lowest BCUT2D eigenvalue weighted by atomic mass is 10.2. The minimum absolute atomic E-state index is 0.0506. The Balaban J connectivity index is 1.70. The lowest BCUT2D eigenvalue weighted by Crippen LogP contribution is -2.15. The number of carbonyl (C=O) groups is 1. The average Bonchev–Trinajstić information content (AvgIpc) is 2.94. The van der Waals surface area contributed by atoms with Crippen molar-refractivity contribution in [3.8, 4) is 0 Å². The van der Waals surface area contributed by atoms with E-state index in [1.54, 1.807) is 18.2 Å². The number of aromatic nitrogens is 3. The summed E-state index contributed by atoms with van der Waals surface area (Å²) in [6, 6.07) is 11.7. The first-order valence-corrected chi connectivity index (χ1v) is 6.81. The number of benzene rings is 2. The molecule has 0 fully saturated rings. The van der Waals surface area contributed by atoms with Crippen molar-refractivity contribution < 1.29 is 13.6 Å². The van der Waals surface area contributed by atoms with Gasteiger partial charge in [0, 0.05) is 0 Å². The highest BCUT2D eigenvalue weighted by Gasteiger charge is 2.13. The SMILES string of the molecule is O=C(Nc1ncn(Cc2cccc(F)c2)n1)c1ccccc1F. The van der Waals surface area contributed by atoms with E-state index in [1.807, 2.05) is 0 Å². The van der Waals surface area contributed by atoms with Crippen molar-refractivity contribution in [2.24, 2.45) is 0 Å². The smallest absolute Gasteiger partial charge is 0.261 e. The molecule has 0 aliphatic carbocycles. The summed E-state index contributed by atoms with van der Waals surface area (Å²) in [5, 5.41) is 6.48.